The number of pyridine rings is 1. The molecule has 28 heavy (non-hydrogen) atoms. The molecule has 3 heterocycles. The first kappa shape index (κ1) is 18.2. The Kier molecular flexibility index (Phi) is 5.06. The van der Waals surface area contributed by atoms with E-state index >= 15 is 0 Å². The predicted molar refractivity (Wildman–Crippen MR) is 106 cm³/mol. The van der Waals surface area contributed by atoms with E-state index in [1.807, 2.05) is 33.7 Å². The molecule has 1 aliphatic heterocycles. The third-order valence-electron chi connectivity index (χ3n) is 5.10. The highest BCUT2D eigenvalue weighted by molar-refractivity contribution is 5.92. The maximum absolute atomic E-state index is 12.7. The maximum atomic E-state index is 12.7. The highest BCUT2D eigenvalue weighted by Gasteiger charge is 2.22. The third-order valence-corrected chi connectivity index (χ3v) is 5.10. The standard InChI is InChI=1S/C21H23N5O2/c1-24(21(28)17-9-4-5-11-22-17)14-19-23-16-8-2-3-10-18(16)26(19)15-20(27)25-12-6-7-13-25/h2-5,8-11H,6-7,12-15H2,1H3. The molecule has 0 bridgehead atoms. The van der Waals surface area contributed by atoms with Crippen LogP contribution in [0.4, 0.5) is 0 Å². The highest BCUT2D eigenvalue weighted by atomic mass is 16.2. The average molecular weight is 377 g/mol. The second-order valence-electron chi connectivity index (χ2n) is 7.07. The lowest BCUT2D eigenvalue weighted by atomic mass is 10.3. The zero-order chi connectivity index (χ0) is 19.5. The van der Waals surface area contributed by atoms with Crippen LogP contribution in [0.5, 0.6) is 0 Å². The normalized spacial score (nSPS) is 13.8. The number of carbonyl (C=O) groups excluding carboxylic acids is 2. The van der Waals surface area contributed by atoms with Gasteiger partial charge >= 0.3 is 0 Å². The van der Waals surface area contributed by atoms with Crippen LogP contribution in [0.15, 0.2) is 48.7 Å². The van der Waals surface area contributed by atoms with Gasteiger partial charge in [-0.05, 0) is 37.1 Å². The molecule has 0 N–H and O–H groups in total. The van der Waals surface area contributed by atoms with Gasteiger partial charge in [-0.2, -0.15) is 0 Å². The van der Waals surface area contributed by atoms with Crippen molar-refractivity contribution in [2.75, 3.05) is 20.1 Å². The molecule has 0 spiro atoms. The van der Waals surface area contributed by atoms with E-state index in [1.165, 1.54) is 0 Å². The van der Waals surface area contributed by atoms with Crippen LogP contribution in [0, 0.1) is 0 Å². The minimum atomic E-state index is -0.176. The Balaban J connectivity index is 1.60. The summed E-state index contributed by atoms with van der Waals surface area (Å²) in [5.74, 6) is 0.617. The molecular weight excluding hydrogens is 354 g/mol. The lowest BCUT2D eigenvalue weighted by Crippen LogP contribution is -2.33. The summed E-state index contributed by atoms with van der Waals surface area (Å²) >= 11 is 0. The zero-order valence-corrected chi connectivity index (χ0v) is 15.9. The topological polar surface area (TPSA) is 71.3 Å². The van der Waals surface area contributed by atoms with E-state index in [0.29, 0.717) is 18.1 Å². The Morgan fingerprint density at radius 1 is 1.07 bits per heavy atom. The molecule has 2 aromatic heterocycles. The third kappa shape index (κ3) is 3.60. The Morgan fingerprint density at radius 2 is 1.82 bits per heavy atom. The van der Waals surface area contributed by atoms with Gasteiger partial charge in [0.1, 0.15) is 18.1 Å². The van der Waals surface area contributed by atoms with Crippen LogP contribution in [0.3, 0.4) is 0 Å². The lowest BCUT2D eigenvalue weighted by Gasteiger charge is -2.19. The summed E-state index contributed by atoms with van der Waals surface area (Å²) in [4.78, 5) is 37.7. The molecule has 0 atom stereocenters. The predicted octanol–water partition coefficient (Wildman–Crippen LogP) is 2.33. The van der Waals surface area contributed by atoms with Crippen LogP contribution in [-0.4, -0.2) is 56.3 Å². The van der Waals surface area contributed by atoms with Gasteiger partial charge in [0.15, 0.2) is 0 Å². The summed E-state index contributed by atoms with van der Waals surface area (Å²) < 4.78 is 1.93. The fourth-order valence-corrected chi connectivity index (χ4v) is 3.59. The minimum absolute atomic E-state index is 0.0978. The van der Waals surface area contributed by atoms with Gasteiger partial charge in [0.05, 0.1) is 17.6 Å². The molecule has 2 amide bonds. The quantitative estimate of drug-likeness (QED) is 0.684. The van der Waals surface area contributed by atoms with Crippen LogP contribution < -0.4 is 0 Å². The second-order valence-corrected chi connectivity index (χ2v) is 7.07. The lowest BCUT2D eigenvalue weighted by molar-refractivity contribution is -0.130. The van der Waals surface area contributed by atoms with Crippen LogP contribution in [0.2, 0.25) is 0 Å². The van der Waals surface area contributed by atoms with Crippen LogP contribution in [0.25, 0.3) is 11.0 Å². The zero-order valence-electron chi connectivity index (χ0n) is 15.9. The van der Waals surface area contributed by atoms with E-state index in [4.69, 9.17) is 0 Å². The van der Waals surface area contributed by atoms with E-state index in [9.17, 15) is 9.59 Å². The first-order valence-electron chi connectivity index (χ1n) is 9.52. The molecule has 0 radical (unpaired) electrons. The van der Waals surface area contributed by atoms with Crippen LogP contribution >= 0.6 is 0 Å². The van der Waals surface area contributed by atoms with E-state index in [1.54, 1.807) is 36.3 Å². The number of amides is 2. The molecule has 7 nitrogen and oxygen atoms in total. The molecule has 0 unspecified atom stereocenters. The number of likely N-dealkylation sites (tertiary alicyclic amines) is 1. The Hall–Kier alpha value is -3.22. The van der Waals surface area contributed by atoms with Gasteiger partial charge in [0.2, 0.25) is 5.91 Å². The Bertz CT molecular complexity index is 992. The summed E-state index contributed by atoms with van der Waals surface area (Å²) in [6.45, 7) is 2.18. The summed E-state index contributed by atoms with van der Waals surface area (Å²) in [6.07, 6.45) is 3.72. The van der Waals surface area contributed by atoms with Crippen molar-refractivity contribution in [1.82, 2.24) is 24.3 Å². The van der Waals surface area contributed by atoms with Gasteiger partial charge in [-0.3, -0.25) is 14.6 Å². The van der Waals surface area contributed by atoms with Crippen molar-refractivity contribution in [3.8, 4) is 0 Å². The number of hydrogen-bond donors (Lipinski definition) is 0. The number of rotatable bonds is 5. The van der Waals surface area contributed by atoms with E-state index in [2.05, 4.69) is 9.97 Å². The fraction of sp³-hybridized carbons (Fsp3) is 0.333. The number of para-hydroxylation sites is 2. The first-order chi connectivity index (χ1) is 13.6. The number of carbonyl (C=O) groups is 2. The Morgan fingerprint density at radius 3 is 2.57 bits per heavy atom. The number of hydrogen-bond acceptors (Lipinski definition) is 4. The highest BCUT2D eigenvalue weighted by Crippen LogP contribution is 2.19. The van der Waals surface area contributed by atoms with E-state index in [0.717, 1.165) is 37.0 Å². The van der Waals surface area contributed by atoms with Gasteiger partial charge in [-0.25, -0.2) is 4.98 Å². The minimum Gasteiger partial charge on any atom is -0.341 e. The maximum Gasteiger partial charge on any atom is 0.272 e. The van der Waals surface area contributed by atoms with Gasteiger partial charge < -0.3 is 14.4 Å². The molecule has 7 heteroatoms. The van der Waals surface area contributed by atoms with Gasteiger partial charge in [-0.1, -0.05) is 18.2 Å². The molecule has 3 aromatic rings. The van der Waals surface area contributed by atoms with Gasteiger partial charge in [-0.15, -0.1) is 0 Å². The molecule has 0 aliphatic carbocycles. The number of nitrogens with zero attached hydrogens (tertiary/aromatic N) is 5. The second kappa shape index (κ2) is 7.80. The summed E-state index contributed by atoms with van der Waals surface area (Å²) in [7, 11) is 1.73. The molecule has 1 saturated heterocycles. The average Bonchev–Trinajstić information content (AvgIpc) is 3.37. The van der Waals surface area contributed by atoms with Crippen LogP contribution in [0.1, 0.15) is 29.2 Å². The summed E-state index contributed by atoms with van der Waals surface area (Å²) in [5, 5.41) is 0. The summed E-state index contributed by atoms with van der Waals surface area (Å²) in [6, 6.07) is 13.0. The monoisotopic (exact) mass is 377 g/mol. The van der Waals surface area contributed by atoms with Crippen molar-refractivity contribution in [3.63, 3.8) is 0 Å². The number of imidazole rings is 1. The number of aromatic nitrogens is 3. The van der Waals surface area contributed by atoms with E-state index in [-0.39, 0.29) is 18.4 Å². The van der Waals surface area contributed by atoms with Crippen molar-refractivity contribution in [2.45, 2.75) is 25.9 Å². The molecule has 144 valence electrons. The van der Waals surface area contributed by atoms with Crippen LogP contribution in [-0.2, 0) is 17.9 Å². The largest absolute Gasteiger partial charge is 0.341 e. The van der Waals surface area contributed by atoms with Crippen molar-refractivity contribution >= 4 is 22.8 Å². The summed E-state index contributed by atoms with van der Waals surface area (Å²) in [5.41, 5.74) is 2.12. The molecule has 1 aromatic carbocycles. The molecule has 1 fully saturated rings. The first-order valence-corrected chi connectivity index (χ1v) is 9.52. The fourth-order valence-electron chi connectivity index (χ4n) is 3.59. The van der Waals surface area contributed by atoms with Crippen molar-refractivity contribution < 1.29 is 9.59 Å². The van der Waals surface area contributed by atoms with Gasteiger partial charge in [0, 0.05) is 26.3 Å². The van der Waals surface area contributed by atoms with Crippen molar-refractivity contribution in [1.29, 1.82) is 0 Å². The number of fused-ring (bicyclic) bond motifs is 1. The smallest absolute Gasteiger partial charge is 0.272 e. The molecule has 0 saturated carbocycles. The van der Waals surface area contributed by atoms with Crippen molar-refractivity contribution in [3.05, 3.63) is 60.2 Å². The number of benzene rings is 1. The Labute approximate surface area is 163 Å². The molecule has 4 rings (SSSR count). The van der Waals surface area contributed by atoms with Crippen molar-refractivity contribution in [2.24, 2.45) is 0 Å². The molecule has 1 aliphatic rings. The van der Waals surface area contributed by atoms with Gasteiger partial charge in [0.25, 0.3) is 5.91 Å². The SMILES string of the molecule is CN(Cc1nc2ccccc2n1CC(=O)N1CCCC1)C(=O)c1ccccn1. The molecular formula is C21H23N5O2. The van der Waals surface area contributed by atoms with E-state index < -0.39 is 0 Å².